The third kappa shape index (κ3) is 6.09. The van der Waals surface area contributed by atoms with Crippen LogP contribution in [0.5, 0.6) is 0 Å². The van der Waals surface area contributed by atoms with Crippen LogP contribution in [-0.2, 0) is 32.5 Å². The Morgan fingerprint density at radius 2 is 1.92 bits per heavy atom. The van der Waals surface area contributed by atoms with E-state index in [0.29, 0.717) is 29.4 Å². The van der Waals surface area contributed by atoms with Crippen molar-refractivity contribution in [1.29, 1.82) is 0 Å². The molecule has 1 unspecified atom stereocenters. The zero-order chi connectivity index (χ0) is 18.9. The van der Waals surface area contributed by atoms with Crippen molar-refractivity contribution in [3.63, 3.8) is 0 Å². The molecule has 0 saturated carbocycles. The molecule has 7 heteroatoms. The van der Waals surface area contributed by atoms with E-state index in [2.05, 4.69) is 5.32 Å². The molecule has 1 amide bonds. The molecule has 0 heterocycles. The van der Waals surface area contributed by atoms with Crippen LogP contribution in [0.25, 0.3) is 0 Å². The van der Waals surface area contributed by atoms with Crippen LogP contribution >= 0.6 is 0 Å². The van der Waals surface area contributed by atoms with Gasteiger partial charge in [-0.25, -0.2) is 4.79 Å². The molecule has 1 atom stereocenters. The molecule has 0 aliphatic rings. The van der Waals surface area contributed by atoms with E-state index in [1.54, 1.807) is 43.5 Å². The summed E-state index contributed by atoms with van der Waals surface area (Å²) in [6, 6.07) is 13.6. The van der Waals surface area contributed by atoms with Gasteiger partial charge in [0.25, 0.3) is 0 Å². The second kappa shape index (κ2) is 9.84. The lowest BCUT2D eigenvalue weighted by molar-refractivity contribution is -0.115. The largest absolute Gasteiger partial charge is 0.478 e. The van der Waals surface area contributed by atoms with Crippen LogP contribution in [-0.4, -0.2) is 40.7 Å². The standard InChI is InChI=1S/C19H21NO5S/c1-25-9-10-26(24)13-14-5-4-7-16(11-14)20-18(21)12-15-6-2-3-8-17(15)19(22)23/h2-8,11H,9-10,12-13H2,1H3,(H,20,21)(H,22,23). The number of nitrogens with one attached hydrogen (secondary N) is 1. The first-order chi connectivity index (χ1) is 12.5. The van der Waals surface area contributed by atoms with Crippen molar-refractivity contribution in [1.82, 2.24) is 0 Å². The van der Waals surface area contributed by atoms with Crippen molar-refractivity contribution >= 4 is 28.4 Å². The summed E-state index contributed by atoms with van der Waals surface area (Å²) in [5.41, 5.74) is 2.01. The zero-order valence-electron chi connectivity index (χ0n) is 14.4. The number of methoxy groups -OCH3 is 1. The lowest BCUT2D eigenvalue weighted by atomic mass is 10.0. The molecule has 0 fully saturated rings. The number of rotatable bonds is 9. The molecule has 0 saturated heterocycles. The van der Waals surface area contributed by atoms with Gasteiger partial charge in [0.05, 0.1) is 18.6 Å². The van der Waals surface area contributed by atoms with Crippen molar-refractivity contribution in [2.75, 3.05) is 24.8 Å². The number of carboxylic acids is 1. The molecule has 0 aromatic heterocycles. The van der Waals surface area contributed by atoms with Crippen LogP contribution in [0, 0.1) is 0 Å². The lowest BCUT2D eigenvalue weighted by Gasteiger charge is -2.09. The Labute approximate surface area is 154 Å². The van der Waals surface area contributed by atoms with Gasteiger partial charge in [0.1, 0.15) is 0 Å². The minimum atomic E-state index is -1.06. The fraction of sp³-hybridized carbons (Fsp3) is 0.263. The molecule has 6 nitrogen and oxygen atoms in total. The van der Waals surface area contributed by atoms with E-state index in [0.717, 1.165) is 5.56 Å². The summed E-state index contributed by atoms with van der Waals surface area (Å²) in [7, 11) is 0.531. The highest BCUT2D eigenvalue weighted by Crippen LogP contribution is 2.15. The molecule has 2 rings (SSSR count). The van der Waals surface area contributed by atoms with E-state index >= 15 is 0 Å². The van der Waals surface area contributed by atoms with Crippen LogP contribution in [0.1, 0.15) is 21.5 Å². The second-order valence-electron chi connectivity index (χ2n) is 5.67. The lowest BCUT2D eigenvalue weighted by Crippen LogP contribution is -2.16. The second-order valence-corrected chi connectivity index (χ2v) is 7.25. The van der Waals surface area contributed by atoms with Crippen molar-refractivity contribution in [3.8, 4) is 0 Å². The Balaban J connectivity index is 2.00. The molecule has 0 aliphatic heterocycles. The van der Waals surface area contributed by atoms with Gasteiger partial charge in [-0.2, -0.15) is 0 Å². The van der Waals surface area contributed by atoms with Crippen molar-refractivity contribution in [3.05, 3.63) is 65.2 Å². The topological polar surface area (TPSA) is 92.7 Å². The molecule has 0 aliphatic carbocycles. The summed E-state index contributed by atoms with van der Waals surface area (Å²) in [4.78, 5) is 23.5. The Kier molecular flexibility index (Phi) is 7.50. The summed E-state index contributed by atoms with van der Waals surface area (Å²) in [5.74, 6) is -0.529. The van der Waals surface area contributed by atoms with Gasteiger partial charge in [-0.15, -0.1) is 0 Å². The fourth-order valence-electron chi connectivity index (χ4n) is 2.43. The van der Waals surface area contributed by atoms with Crippen LogP contribution in [0.3, 0.4) is 0 Å². The predicted octanol–water partition coefficient (Wildman–Crippen LogP) is 2.46. The molecule has 0 bridgehead atoms. The summed E-state index contributed by atoms with van der Waals surface area (Å²) >= 11 is 0. The predicted molar refractivity (Wildman–Crippen MR) is 101 cm³/mol. The maximum absolute atomic E-state index is 12.3. The summed E-state index contributed by atoms with van der Waals surface area (Å²) in [5, 5.41) is 11.9. The SMILES string of the molecule is COCCS(=O)Cc1cccc(NC(=O)Cc2ccccc2C(=O)O)c1. The molecule has 26 heavy (non-hydrogen) atoms. The van der Waals surface area contributed by atoms with E-state index in [1.807, 2.05) is 6.07 Å². The summed E-state index contributed by atoms with van der Waals surface area (Å²) in [6.45, 7) is 0.437. The molecular formula is C19H21NO5S. The molecule has 0 radical (unpaired) electrons. The first-order valence-electron chi connectivity index (χ1n) is 8.03. The van der Waals surface area contributed by atoms with Gasteiger partial charge in [-0.1, -0.05) is 30.3 Å². The smallest absolute Gasteiger partial charge is 0.335 e. The van der Waals surface area contributed by atoms with E-state index in [-0.39, 0.29) is 17.9 Å². The van der Waals surface area contributed by atoms with Gasteiger partial charge in [-0.05, 0) is 29.3 Å². The maximum Gasteiger partial charge on any atom is 0.335 e. The highest BCUT2D eigenvalue weighted by molar-refractivity contribution is 7.84. The van der Waals surface area contributed by atoms with Gasteiger partial charge in [-0.3, -0.25) is 9.00 Å². The Bertz CT molecular complexity index is 806. The quantitative estimate of drug-likeness (QED) is 0.702. The number of anilines is 1. The van der Waals surface area contributed by atoms with Crippen molar-refractivity contribution in [2.24, 2.45) is 0 Å². The number of hydrogen-bond donors (Lipinski definition) is 2. The minimum absolute atomic E-state index is 0.0352. The number of benzene rings is 2. The average Bonchev–Trinajstić information content (AvgIpc) is 2.60. The van der Waals surface area contributed by atoms with Gasteiger partial charge in [0.15, 0.2) is 0 Å². The highest BCUT2D eigenvalue weighted by atomic mass is 32.2. The summed E-state index contributed by atoms with van der Waals surface area (Å²) < 4.78 is 16.9. The first-order valence-corrected chi connectivity index (χ1v) is 9.52. The maximum atomic E-state index is 12.3. The number of aromatic carboxylic acids is 1. The van der Waals surface area contributed by atoms with E-state index < -0.39 is 16.8 Å². The first kappa shape index (κ1) is 19.8. The third-order valence-electron chi connectivity index (χ3n) is 3.65. The number of carbonyl (C=O) groups excluding carboxylic acids is 1. The van der Waals surface area contributed by atoms with Crippen molar-refractivity contribution < 1.29 is 23.6 Å². The van der Waals surface area contributed by atoms with E-state index in [9.17, 15) is 18.9 Å². The van der Waals surface area contributed by atoms with Gasteiger partial charge >= 0.3 is 5.97 Å². The van der Waals surface area contributed by atoms with Gasteiger partial charge < -0.3 is 15.2 Å². The number of ether oxygens (including phenoxy) is 1. The number of carbonyl (C=O) groups is 2. The van der Waals surface area contributed by atoms with Crippen LogP contribution in [0.4, 0.5) is 5.69 Å². The number of amides is 1. The number of hydrogen-bond acceptors (Lipinski definition) is 4. The molecule has 0 spiro atoms. The van der Waals surface area contributed by atoms with Gasteiger partial charge in [0, 0.05) is 35.1 Å². The van der Waals surface area contributed by atoms with Crippen LogP contribution in [0.2, 0.25) is 0 Å². The minimum Gasteiger partial charge on any atom is -0.478 e. The fourth-order valence-corrected chi connectivity index (χ4v) is 3.48. The van der Waals surface area contributed by atoms with Gasteiger partial charge in [0.2, 0.25) is 5.91 Å². The Morgan fingerprint density at radius 1 is 1.15 bits per heavy atom. The Hall–Kier alpha value is -2.51. The third-order valence-corrected chi connectivity index (χ3v) is 4.93. The average molecular weight is 375 g/mol. The zero-order valence-corrected chi connectivity index (χ0v) is 15.3. The molecule has 138 valence electrons. The van der Waals surface area contributed by atoms with Crippen molar-refractivity contribution in [2.45, 2.75) is 12.2 Å². The summed E-state index contributed by atoms with van der Waals surface area (Å²) in [6.07, 6.45) is -0.0352. The molecule has 2 aromatic carbocycles. The molecule has 2 aromatic rings. The molecular weight excluding hydrogens is 354 g/mol. The van der Waals surface area contributed by atoms with E-state index in [4.69, 9.17) is 4.74 Å². The van der Waals surface area contributed by atoms with Crippen LogP contribution in [0.15, 0.2) is 48.5 Å². The molecule has 2 N–H and O–H groups in total. The number of carboxylic acid groups (broad SMARTS) is 1. The van der Waals surface area contributed by atoms with E-state index in [1.165, 1.54) is 6.07 Å². The van der Waals surface area contributed by atoms with Crippen LogP contribution < -0.4 is 5.32 Å². The normalized spacial score (nSPS) is 11.7. The monoisotopic (exact) mass is 375 g/mol. The Morgan fingerprint density at radius 3 is 2.65 bits per heavy atom. The highest BCUT2D eigenvalue weighted by Gasteiger charge is 2.13.